The van der Waals surface area contributed by atoms with E-state index >= 15 is 0 Å². The summed E-state index contributed by atoms with van der Waals surface area (Å²) >= 11 is 0. The SMILES string of the molecule is COc1cccc([C@H](C)N(C)C(=O)c2cnc(-c3cccnc3)nc2)c1. The third-order valence-electron chi connectivity index (χ3n) is 4.30. The highest BCUT2D eigenvalue weighted by molar-refractivity contribution is 5.93. The van der Waals surface area contributed by atoms with E-state index in [1.54, 1.807) is 43.8 Å². The van der Waals surface area contributed by atoms with E-state index in [9.17, 15) is 4.79 Å². The van der Waals surface area contributed by atoms with Gasteiger partial charge in [0.15, 0.2) is 5.82 Å². The van der Waals surface area contributed by atoms with Crippen LogP contribution in [0.2, 0.25) is 0 Å². The number of ether oxygens (including phenoxy) is 1. The maximum absolute atomic E-state index is 12.8. The van der Waals surface area contributed by atoms with Crippen LogP contribution in [0.1, 0.15) is 28.9 Å². The number of aromatic nitrogens is 3. The zero-order chi connectivity index (χ0) is 18.5. The van der Waals surface area contributed by atoms with Crippen molar-refractivity contribution < 1.29 is 9.53 Å². The van der Waals surface area contributed by atoms with Crippen molar-refractivity contribution in [3.63, 3.8) is 0 Å². The number of pyridine rings is 1. The minimum atomic E-state index is -0.141. The van der Waals surface area contributed by atoms with Crippen LogP contribution in [0, 0.1) is 0 Å². The number of nitrogens with zero attached hydrogens (tertiary/aromatic N) is 4. The Morgan fingerprint density at radius 3 is 2.54 bits per heavy atom. The summed E-state index contributed by atoms with van der Waals surface area (Å²) in [6.45, 7) is 1.97. The topological polar surface area (TPSA) is 68.2 Å². The number of carbonyl (C=O) groups excluding carboxylic acids is 1. The van der Waals surface area contributed by atoms with Crippen LogP contribution < -0.4 is 4.74 Å². The molecule has 1 atom stereocenters. The van der Waals surface area contributed by atoms with Gasteiger partial charge in [-0.2, -0.15) is 0 Å². The molecule has 132 valence electrons. The first-order valence-electron chi connectivity index (χ1n) is 8.23. The Morgan fingerprint density at radius 2 is 1.88 bits per heavy atom. The predicted molar refractivity (Wildman–Crippen MR) is 98.8 cm³/mol. The lowest BCUT2D eigenvalue weighted by Gasteiger charge is -2.25. The van der Waals surface area contributed by atoms with E-state index in [0.29, 0.717) is 11.4 Å². The molecule has 0 aliphatic carbocycles. The number of methoxy groups -OCH3 is 1. The molecule has 0 radical (unpaired) electrons. The van der Waals surface area contributed by atoms with Gasteiger partial charge in [-0.15, -0.1) is 0 Å². The van der Waals surface area contributed by atoms with E-state index in [4.69, 9.17) is 4.74 Å². The van der Waals surface area contributed by atoms with Crippen molar-refractivity contribution in [1.82, 2.24) is 19.9 Å². The Bertz CT molecular complexity index is 882. The summed E-state index contributed by atoms with van der Waals surface area (Å²) < 4.78 is 5.26. The normalized spacial score (nSPS) is 11.7. The van der Waals surface area contributed by atoms with Crippen LogP contribution in [0.3, 0.4) is 0 Å². The van der Waals surface area contributed by atoms with Crippen LogP contribution in [-0.2, 0) is 0 Å². The Hall–Kier alpha value is -3.28. The van der Waals surface area contributed by atoms with E-state index in [1.165, 1.54) is 0 Å². The van der Waals surface area contributed by atoms with Gasteiger partial charge in [-0.1, -0.05) is 12.1 Å². The molecular formula is C20H20N4O2. The van der Waals surface area contributed by atoms with Gasteiger partial charge in [-0.25, -0.2) is 9.97 Å². The molecule has 2 heterocycles. The highest BCUT2D eigenvalue weighted by Gasteiger charge is 2.20. The summed E-state index contributed by atoms with van der Waals surface area (Å²) in [6, 6.07) is 11.3. The Labute approximate surface area is 152 Å². The van der Waals surface area contributed by atoms with E-state index < -0.39 is 0 Å². The molecule has 0 fully saturated rings. The number of amides is 1. The summed E-state index contributed by atoms with van der Waals surface area (Å²) in [6.07, 6.45) is 6.48. The monoisotopic (exact) mass is 348 g/mol. The Balaban J connectivity index is 1.77. The number of benzene rings is 1. The molecule has 0 spiro atoms. The molecule has 26 heavy (non-hydrogen) atoms. The second-order valence-corrected chi connectivity index (χ2v) is 5.91. The second-order valence-electron chi connectivity index (χ2n) is 5.91. The van der Waals surface area contributed by atoms with Gasteiger partial charge < -0.3 is 9.64 Å². The summed E-state index contributed by atoms with van der Waals surface area (Å²) in [4.78, 5) is 27.1. The fraction of sp³-hybridized carbons (Fsp3) is 0.200. The van der Waals surface area contributed by atoms with Gasteiger partial charge in [0.05, 0.1) is 18.7 Å². The standard InChI is InChI=1S/C20H20N4O2/c1-14(15-6-4-8-18(10-15)26-3)24(2)20(25)17-12-22-19(23-13-17)16-7-5-9-21-11-16/h4-14H,1-3H3/t14-/m0/s1. The van der Waals surface area contributed by atoms with Crippen molar-refractivity contribution in [2.24, 2.45) is 0 Å². The van der Waals surface area contributed by atoms with Gasteiger partial charge in [0.25, 0.3) is 5.91 Å². The molecular weight excluding hydrogens is 328 g/mol. The van der Waals surface area contributed by atoms with E-state index in [0.717, 1.165) is 16.9 Å². The fourth-order valence-electron chi connectivity index (χ4n) is 2.59. The molecule has 1 amide bonds. The van der Waals surface area contributed by atoms with Crippen LogP contribution in [0.15, 0.2) is 61.2 Å². The van der Waals surface area contributed by atoms with Crippen molar-refractivity contribution >= 4 is 5.91 Å². The molecule has 0 saturated carbocycles. The van der Waals surface area contributed by atoms with Crippen LogP contribution in [0.25, 0.3) is 11.4 Å². The quantitative estimate of drug-likeness (QED) is 0.707. The maximum Gasteiger partial charge on any atom is 0.257 e. The number of rotatable bonds is 5. The molecule has 0 aliphatic heterocycles. The lowest BCUT2D eigenvalue weighted by Crippen LogP contribution is -2.29. The largest absolute Gasteiger partial charge is 0.497 e. The van der Waals surface area contributed by atoms with E-state index in [1.807, 2.05) is 43.3 Å². The lowest BCUT2D eigenvalue weighted by atomic mass is 10.1. The zero-order valence-electron chi connectivity index (χ0n) is 15.0. The Kier molecular flexibility index (Phi) is 5.22. The zero-order valence-corrected chi connectivity index (χ0v) is 15.0. The molecule has 3 rings (SSSR count). The molecule has 3 aromatic rings. The number of hydrogen-bond acceptors (Lipinski definition) is 5. The molecule has 2 aromatic heterocycles. The molecule has 0 saturated heterocycles. The fourth-order valence-corrected chi connectivity index (χ4v) is 2.59. The van der Waals surface area contributed by atoms with Gasteiger partial charge in [0, 0.05) is 37.4 Å². The molecule has 0 bridgehead atoms. The van der Waals surface area contributed by atoms with Gasteiger partial charge in [0.1, 0.15) is 5.75 Å². The molecule has 0 unspecified atom stereocenters. The second kappa shape index (κ2) is 7.74. The molecule has 6 nitrogen and oxygen atoms in total. The van der Waals surface area contributed by atoms with Crippen molar-refractivity contribution in [1.29, 1.82) is 0 Å². The molecule has 0 aliphatic rings. The third kappa shape index (κ3) is 3.69. The van der Waals surface area contributed by atoms with Crippen molar-refractivity contribution in [2.45, 2.75) is 13.0 Å². The number of hydrogen-bond donors (Lipinski definition) is 0. The highest BCUT2D eigenvalue weighted by atomic mass is 16.5. The van der Waals surface area contributed by atoms with Gasteiger partial charge in [-0.05, 0) is 36.8 Å². The first-order valence-corrected chi connectivity index (χ1v) is 8.23. The van der Waals surface area contributed by atoms with Crippen LogP contribution >= 0.6 is 0 Å². The molecule has 1 aromatic carbocycles. The minimum absolute atomic E-state index is 0.115. The van der Waals surface area contributed by atoms with Crippen LogP contribution in [-0.4, -0.2) is 39.9 Å². The van der Waals surface area contributed by atoms with Crippen molar-refractivity contribution in [2.75, 3.05) is 14.2 Å². The first kappa shape index (κ1) is 17.5. The van der Waals surface area contributed by atoms with Gasteiger partial charge in [-0.3, -0.25) is 9.78 Å². The minimum Gasteiger partial charge on any atom is -0.497 e. The van der Waals surface area contributed by atoms with Gasteiger partial charge in [0.2, 0.25) is 0 Å². The Morgan fingerprint density at radius 1 is 1.12 bits per heavy atom. The summed E-state index contributed by atoms with van der Waals surface area (Å²) in [7, 11) is 3.39. The lowest BCUT2D eigenvalue weighted by molar-refractivity contribution is 0.0741. The average Bonchev–Trinajstić information content (AvgIpc) is 2.73. The first-order chi connectivity index (χ1) is 12.6. The van der Waals surface area contributed by atoms with Gasteiger partial charge >= 0.3 is 0 Å². The smallest absolute Gasteiger partial charge is 0.257 e. The van der Waals surface area contributed by atoms with Crippen LogP contribution in [0.4, 0.5) is 0 Å². The highest BCUT2D eigenvalue weighted by Crippen LogP contribution is 2.24. The van der Waals surface area contributed by atoms with Crippen molar-refractivity contribution in [3.8, 4) is 17.1 Å². The maximum atomic E-state index is 12.8. The molecule has 6 heteroatoms. The summed E-state index contributed by atoms with van der Waals surface area (Å²) in [5, 5.41) is 0. The van der Waals surface area contributed by atoms with Crippen LogP contribution in [0.5, 0.6) is 5.75 Å². The summed E-state index contributed by atoms with van der Waals surface area (Å²) in [5.74, 6) is 1.16. The molecule has 0 N–H and O–H groups in total. The van der Waals surface area contributed by atoms with Crippen molar-refractivity contribution in [3.05, 3.63) is 72.3 Å². The summed E-state index contributed by atoms with van der Waals surface area (Å²) in [5.41, 5.74) is 2.24. The average molecular weight is 348 g/mol. The van der Waals surface area contributed by atoms with E-state index in [2.05, 4.69) is 15.0 Å². The number of carbonyl (C=O) groups is 1. The third-order valence-corrected chi connectivity index (χ3v) is 4.30. The predicted octanol–water partition coefficient (Wildman–Crippen LogP) is 3.38. The van der Waals surface area contributed by atoms with E-state index in [-0.39, 0.29) is 11.9 Å².